The molecule has 0 aliphatic rings. The van der Waals surface area contributed by atoms with Crippen LogP contribution < -0.4 is 14.8 Å². The van der Waals surface area contributed by atoms with Crippen LogP contribution in [-0.4, -0.2) is 33.5 Å². The molecule has 1 N–H and O–H groups in total. The minimum atomic E-state index is -0.0888. The molecule has 0 aliphatic heterocycles. The van der Waals surface area contributed by atoms with Crippen LogP contribution in [0.2, 0.25) is 0 Å². The number of anilines is 1. The monoisotopic (exact) mass is 524 g/mol. The number of nitrogens with one attached hydrogen (secondary N) is 1. The summed E-state index contributed by atoms with van der Waals surface area (Å²) in [6.07, 6.45) is 0. The van der Waals surface area contributed by atoms with Crippen LogP contribution in [-0.2, 0) is 18.4 Å². The van der Waals surface area contributed by atoms with E-state index in [1.54, 1.807) is 7.11 Å². The van der Waals surface area contributed by atoms with Crippen molar-refractivity contribution in [3.05, 3.63) is 57.4 Å². The van der Waals surface area contributed by atoms with E-state index in [2.05, 4.69) is 38.1 Å². The summed E-state index contributed by atoms with van der Waals surface area (Å²) in [7, 11) is 3.45. The van der Waals surface area contributed by atoms with Crippen LogP contribution in [0.3, 0.4) is 0 Å². The van der Waals surface area contributed by atoms with E-state index in [1.807, 2.05) is 61.0 Å². The highest BCUT2D eigenvalue weighted by Crippen LogP contribution is 2.27. The summed E-state index contributed by atoms with van der Waals surface area (Å²) in [6.45, 7) is 2.22. The molecular formula is C20H21IN4O3S. The second-order valence-corrected chi connectivity index (χ2v) is 8.38. The van der Waals surface area contributed by atoms with Crippen molar-refractivity contribution in [1.82, 2.24) is 14.8 Å². The zero-order valence-electron chi connectivity index (χ0n) is 16.3. The van der Waals surface area contributed by atoms with Gasteiger partial charge in [-0.25, -0.2) is 0 Å². The SMILES string of the molecule is COc1ccccc1OCc1nnc(SCC(=O)Nc2ccc(I)cc2C)n1C. The normalized spacial score (nSPS) is 10.6. The van der Waals surface area contributed by atoms with Crippen LogP contribution in [0.4, 0.5) is 5.69 Å². The van der Waals surface area contributed by atoms with Crippen molar-refractivity contribution in [2.45, 2.75) is 18.7 Å². The third kappa shape index (κ3) is 5.63. The second kappa shape index (κ2) is 9.97. The molecule has 0 spiro atoms. The number of aromatic nitrogens is 3. The van der Waals surface area contributed by atoms with Gasteiger partial charge in [0.2, 0.25) is 5.91 Å². The Morgan fingerprint density at radius 3 is 2.69 bits per heavy atom. The lowest BCUT2D eigenvalue weighted by Crippen LogP contribution is -2.15. The quantitative estimate of drug-likeness (QED) is 0.354. The average molecular weight is 524 g/mol. The molecule has 1 amide bonds. The highest BCUT2D eigenvalue weighted by Gasteiger charge is 2.13. The number of rotatable bonds is 8. The molecule has 0 unspecified atom stereocenters. The number of benzene rings is 2. The first-order chi connectivity index (χ1) is 14.0. The van der Waals surface area contributed by atoms with Crippen molar-refractivity contribution in [2.24, 2.45) is 7.05 Å². The summed E-state index contributed by atoms with van der Waals surface area (Å²) < 4.78 is 14.0. The smallest absolute Gasteiger partial charge is 0.234 e. The Bertz CT molecular complexity index is 1010. The molecule has 1 aromatic heterocycles. The van der Waals surface area contributed by atoms with Gasteiger partial charge in [-0.2, -0.15) is 0 Å². The average Bonchev–Trinajstić information content (AvgIpc) is 3.06. The standard InChI is InChI=1S/C20H21IN4O3S/c1-13-10-14(21)8-9-15(13)22-19(26)12-29-20-24-23-18(25(20)2)11-28-17-7-5-4-6-16(17)27-3/h4-10H,11-12H2,1-3H3,(H,22,26). The van der Waals surface area contributed by atoms with Crippen molar-refractivity contribution in [3.8, 4) is 11.5 Å². The minimum Gasteiger partial charge on any atom is -0.493 e. The Balaban J connectivity index is 1.56. The van der Waals surface area contributed by atoms with Crippen LogP contribution in [0, 0.1) is 10.5 Å². The Morgan fingerprint density at radius 2 is 1.97 bits per heavy atom. The summed E-state index contributed by atoms with van der Waals surface area (Å²) in [5.74, 6) is 2.11. The molecule has 0 saturated carbocycles. The first kappa shape index (κ1) is 21.4. The molecule has 152 valence electrons. The van der Waals surface area contributed by atoms with Gasteiger partial charge in [0, 0.05) is 16.3 Å². The maximum Gasteiger partial charge on any atom is 0.234 e. The van der Waals surface area contributed by atoms with Gasteiger partial charge in [0.05, 0.1) is 12.9 Å². The van der Waals surface area contributed by atoms with Gasteiger partial charge in [0.15, 0.2) is 22.5 Å². The van der Waals surface area contributed by atoms with E-state index in [0.717, 1.165) is 14.8 Å². The predicted octanol–water partition coefficient (Wildman–Crippen LogP) is 4.05. The molecule has 0 aliphatic carbocycles. The number of para-hydroxylation sites is 2. The van der Waals surface area contributed by atoms with Gasteiger partial charge in [-0.1, -0.05) is 23.9 Å². The molecule has 3 rings (SSSR count). The van der Waals surface area contributed by atoms with Crippen molar-refractivity contribution < 1.29 is 14.3 Å². The van der Waals surface area contributed by atoms with Crippen molar-refractivity contribution in [1.29, 1.82) is 0 Å². The number of thioether (sulfide) groups is 1. The fourth-order valence-electron chi connectivity index (χ4n) is 2.56. The second-order valence-electron chi connectivity index (χ2n) is 6.19. The lowest BCUT2D eigenvalue weighted by molar-refractivity contribution is -0.113. The molecule has 9 heteroatoms. The summed E-state index contributed by atoms with van der Waals surface area (Å²) in [4.78, 5) is 12.3. The van der Waals surface area contributed by atoms with Gasteiger partial charge in [0.1, 0.15) is 6.61 Å². The zero-order chi connectivity index (χ0) is 20.8. The van der Waals surface area contributed by atoms with Crippen LogP contribution in [0.25, 0.3) is 0 Å². The molecule has 7 nitrogen and oxygen atoms in total. The van der Waals surface area contributed by atoms with Crippen molar-refractivity contribution in [3.63, 3.8) is 0 Å². The summed E-state index contributed by atoms with van der Waals surface area (Å²) >= 11 is 3.58. The van der Waals surface area contributed by atoms with E-state index in [1.165, 1.54) is 11.8 Å². The van der Waals surface area contributed by atoms with Gasteiger partial charge in [-0.15, -0.1) is 10.2 Å². The minimum absolute atomic E-state index is 0.0888. The number of hydrogen-bond acceptors (Lipinski definition) is 6. The van der Waals surface area contributed by atoms with E-state index in [9.17, 15) is 4.79 Å². The Kier molecular flexibility index (Phi) is 7.37. The lowest BCUT2D eigenvalue weighted by atomic mass is 10.2. The fourth-order valence-corrected chi connectivity index (χ4v) is 3.94. The Hall–Kier alpha value is -2.27. The Morgan fingerprint density at radius 1 is 1.21 bits per heavy atom. The first-order valence-electron chi connectivity index (χ1n) is 8.81. The highest BCUT2D eigenvalue weighted by atomic mass is 127. The predicted molar refractivity (Wildman–Crippen MR) is 122 cm³/mol. The summed E-state index contributed by atoms with van der Waals surface area (Å²) in [5, 5.41) is 11.9. The number of halogens is 1. The van der Waals surface area contributed by atoms with Gasteiger partial charge in [0.25, 0.3) is 0 Å². The number of aryl methyl sites for hydroxylation is 1. The fraction of sp³-hybridized carbons (Fsp3) is 0.250. The van der Waals surface area contributed by atoms with Crippen LogP contribution in [0.15, 0.2) is 47.6 Å². The topological polar surface area (TPSA) is 78.3 Å². The van der Waals surface area contributed by atoms with E-state index >= 15 is 0 Å². The maximum absolute atomic E-state index is 12.3. The molecule has 3 aromatic rings. The number of nitrogens with zero attached hydrogens (tertiary/aromatic N) is 3. The van der Waals surface area contributed by atoms with Crippen LogP contribution in [0.5, 0.6) is 11.5 Å². The molecule has 1 heterocycles. The largest absolute Gasteiger partial charge is 0.493 e. The molecule has 0 radical (unpaired) electrons. The summed E-state index contributed by atoms with van der Waals surface area (Å²) in [5.41, 5.74) is 1.85. The third-order valence-corrected chi connectivity index (χ3v) is 5.84. The van der Waals surface area contributed by atoms with Crippen LogP contribution >= 0.6 is 34.4 Å². The Labute approximate surface area is 187 Å². The van der Waals surface area contributed by atoms with Crippen LogP contribution in [0.1, 0.15) is 11.4 Å². The number of ether oxygens (including phenoxy) is 2. The first-order valence-corrected chi connectivity index (χ1v) is 10.9. The maximum atomic E-state index is 12.3. The van der Waals surface area contributed by atoms with Crippen molar-refractivity contribution >= 4 is 45.9 Å². The molecule has 2 aromatic carbocycles. The van der Waals surface area contributed by atoms with Crippen molar-refractivity contribution in [2.75, 3.05) is 18.2 Å². The zero-order valence-corrected chi connectivity index (χ0v) is 19.3. The molecule has 29 heavy (non-hydrogen) atoms. The number of carbonyl (C=O) groups is 1. The van der Waals surface area contributed by atoms with Gasteiger partial charge < -0.3 is 19.4 Å². The van der Waals surface area contributed by atoms with Gasteiger partial charge >= 0.3 is 0 Å². The molecule has 0 fully saturated rings. The third-order valence-electron chi connectivity index (χ3n) is 4.15. The molecule has 0 atom stereocenters. The summed E-state index contributed by atoms with van der Waals surface area (Å²) in [6, 6.07) is 13.3. The number of carbonyl (C=O) groups excluding carboxylic acids is 1. The highest BCUT2D eigenvalue weighted by molar-refractivity contribution is 14.1. The lowest BCUT2D eigenvalue weighted by Gasteiger charge is -2.10. The van der Waals surface area contributed by atoms with E-state index in [4.69, 9.17) is 9.47 Å². The number of amides is 1. The molecular weight excluding hydrogens is 503 g/mol. The molecule has 0 saturated heterocycles. The van der Waals surface area contributed by atoms with Gasteiger partial charge in [-0.3, -0.25) is 4.79 Å². The van der Waals surface area contributed by atoms with E-state index < -0.39 is 0 Å². The van der Waals surface area contributed by atoms with Gasteiger partial charge in [-0.05, 0) is 65.4 Å². The number of hydrogen-bond donors (Lipinski definition) is 1. The number of methoxy groups -OCH3 is 1. The molecule has 0 bridgehead atoms. The van der Waals surface area contributed by atoms with E-state index in [0.29, 0.717) is 22.5 Å². The van der Waals surface area contributed by atoms with E-state index in [-0.39, 0.29) is 18.3 Å².